The molecule has 30 heavy (non-hydrogen) atoms. The van der Waals surface area contributed by atoms with Crippen LogP contribution in [0.4, 0.5) is 10.2 Å². The van der Waals surface area contributed by atoms with Crippen molar-refractivity contribution < 1.29 is 22.4 Å². The Hall–Kier alpha value is -2.75. The summed E-state index contributed by atoms with van der Waals surface area (Å²) in [6, 6.07) is 5.37. The van der Waals surface area contributed by atoms with Crippen LogP contribution in [0.15, 0.2) is 24.3 Å². The van der Waals surface area contributed by atoms with E-state index in [1.54, 1.807) is 0 Å². The highest BCUT2D eigenvalue weighted by Crippen LogP contribution is 2.33. The smallest absolute Gasteiger partial charge is 0.314 e. The Kier molecular flexibility index (Phi) is 5.59. The second kappa shape index (κ2) is 8.17. The van der Waals surface area contributed by atoms with Gasteiger partial charge in [0.15, 0.2) is 9.84 Å². The number of hydrogen-bond acceptors (Lipinski definition) is 5. The summed E-state index contributed by atoms with van der Waals surface area (Å²) < 4.78 is 38.7. The van der Waals surface area contributed by atoms with Crippen molar-refractivity contribution in [1.82, 2.24) is 15.1 Å². The number of carbonyl (C=O) groups is 2. The minimum atomic E-state index is -3.36. The van der Waals surface area contributed by atoms with Crippen molar-refractivity contribution in [2.45, 2.75) is 56.1 Å². The molecule has 2 heterocycles. The minimum absolute atomic E-state index is 0.0427. The number of rotatable bonds is 3. The van der Waals surface area contributed by atoms with Gasteiger partial charge in [-0.25, -0.2) is 17.5 Å². The van der Waals surface area contributed by atoms with Crippen LogP contribution in [0.25, 0.3) is 5.69 Å². The molecule has 1 saturated carbocycles. The summed E-state index contributed by atoms with van der Waals surface area (Å²) in [5.74, 6) is -2.47. The lowest BCUT2D eigenvalue weighted by Gasteiger charge is -2.16. The van der Waals surface area contributed by atoms with Crippen LogP contribution in [-0.2, 0) is 30.9 Å². The van der Waals surface area contributed by atoms with Crippen LogP contribution in [-0.4, -0.2) is 36.1 Å². The van der Waals surface area contributed by atoms with Crippen molar-refractivity contribution in [2.24, 2.45) is 0 Å². The second-order valence-electron chi connectivity index (χ2n) is 7.81. The molecule has 0 bridgehead atoms. The van der Waals surface area contributed by atoms with Gasteiger partial charge in [0.25, 0.3) is 0 Å². The van der Waals surface area contributed by atoms with Gasteiger partial charge in [-0.1, -0.05) is 25.7 Å². The Bertz CT molecular complexity index is 1070. The van der Waals surface area contributed by atoms with Crippen LogP contribution in [0.2, 0.25) is 0 Å². The van der Waals surface area contributed by atoms with Crippen molar-refractivity contribution in [3.63, 3.8) is 0 Å². The number of nitrogens with one attached hydrogen (secondary N) is 2. The maximum Gasteiger partial charge on any atom is 0.314 e. The number of aromatic nitrogens is 2. The van der Waals surface area contributed by atoms with Gasteiger partial charge >= 0.3 is 11.8 Å². The third kappa shape index (κ3) is 4.38. The second-order valence-corrected chi connectivity index (χ2v) is 9.87. The fraction of sp³-hybridized carbons (Fsp3) is 0.450. The van der Waals surface area contributed by atoms with Gasteiger partial charge in [0.2, 0.25) is 0 Å². The van der Waals surface area contributed by atoms with Gasteiger partial charge in [-0.15, -0.1) is 0 Å². The number of hydrogen-bond donors (Lipinski definition) is 2. The Morgan fingerprint density at radius 3 is 2.33 bits per heavy atom. The molecule has 4 rings (SSSR count). The highest BCUT2D eigenvalue weighted by atomic mass is 32.2. The van der Waals surface area contributed by atoms with Crippen LogP contribution in [0.5, 0.6) is 0 Å². The molecule has 0 saturated heterocycles. The molecule has 1 aliphatic heterocycles. The maximum absolute atomic E-state index is 13.3. The van der Waals surface area contributed by atoms with E-state index in [-0.39, 0.29) is 23.4 Å². The van der Waals surface area contributed by atoms with E-state index in [4.69, 9.17) is 0 Å². The lowest BCUT2D eigenvalue weighted by molar-refractivity contribution is -0.136. The number of fused-ring (bicyclic) bond motifs is 1. The van der Waals surface area contributed by atoms with E-state index in [1.165, 1.54) is 28.9 Å². The summed E-state index contributed by atoms with van der Waals surface area (Å²) in [5, 5.41) is 9.61. The Morgan fingerprint density at radius 2 is 1.67 bits per heavy atom. The zero-order valence-corrected chi connectivity index (χ0v) is 17.2. The Balaban J connectivity index is 1.58. The van der Waals surface area contributed by atoms with Gasteiger partial charge in [0, 0.05) is 11.6 Å². The van der Waals surface area contributed by atoms with Crippen molar-refractivity contribution in [2.75, 3.05) is 5.32 Å². The van der Waals surface area contributed by atoms with E-state index in [0.717, 1.165) is 38.5 Å². The van der Waals surface area contributed by atoms with Crippen molar-refractivity contribution >= 4 is 27.5 Å². The number of anilines is 1. The number of nitrogens with zero attached hydrogens (tertiary/aromatic N) is 2. The molecule has 0 unspecified atom stereocenters. The highest BCUT2D eigenvalue weighted by molar-refractivity contribution is 7.90. The number of carbonyl (C=O) groups excluding carboxylic acids is 2. The molecule has 1 aliphatic carbocycles. The quantitative estimate of drug-likeness (QED) is 0.569. The zero-order valence-electron chi connectivity index (χ0n) is 16.4. The van der Waals surface area contributed by atoms with E-state index in [0.29, 0.717) is 16.9 Å². The average molecular weight is 434 g/mol. The van der Waals surface area contributed by atoms with E-state index in [1.807, 2.05) is 0 Å². The van der Waals surface area contributed by atoms with Gasteiger partial charge in [-0.05, 0) is 37.1 Å². The number of benzene rings is 1. The fourth-order valence-corrected chi connectivity index (χ4v) is 5.47. The molecule has 1 aromatic carbocycles. The molecular formula is C20H23FN4O4S. The fourth-order valence-electron chi connectivity index (χ4n) is 3.98. The van der Waals surface area contributed by atoms with Crippen LogP contribution >= 0.6 is 0 Å². The van der Waals surface area contributed by atoms with Gasteiger partial charge in [-0.2, -0.15) is 5.10 Å². The minimum Gasteiger partial charge on any atom is -0.345 e. The first-order valence-corrected chi connectivity index (χ1v) is 11.8. The predicted molar refractivity (Wildman–Crippen MR) is 108 cm³/mol. The molecule has 10 heteroatoms. The number of amides is 2. The van der Waals surface area contributed by atoms with Crippen molar-refractivity contribution in [1.29, 1.82) is 0 Å². The average Bonchev–Trinajstić information content (AvgIpc) is 3.03. The van der Waals surface area contributed by atoms with Gasteiger partial charge in [0.1, 0.15) is 11.6 Å². The normalized spacial score (nSPS) is 18.4. The highest BCUT2D eigenvalue weighted by Gasteiger charge is 2.34. The molecule has 2 N–H and O–H groups in total. The number of halogens is 1. The molecule has 0 atom stereocenters. The lowest BCUT2D eigenvalue weighted by Crippen LogP contribution is -2.42. The monoisotopic (exact) mass is 434 g/mol. The summed E-state index contributed by atoms with van der Waals surface area (Å²) in [7, 11) is -3.36. The van der Waals surface area contributed by atoms with E-state index >= 15 is 0 Å². The summed E-state index contributed by atoms with van der Waals surface area (Å²) >= 11 is 0. The van der Waals surface area contributed by atoms with Crippen molar-refractivity contribution in [3.05, 3.63) is 41.3 Å². The molecule has 0 spiro atoms. The number of sulfone groups is 1. The molecule has 2 aromatic rings. The molecule has 1 aromatic heterocycles. The molecule has 1 fully saturated rings. The van der Waals surface area contributed by atoms with Gasteiger partial charge in [0.05, 0.1) is 22.9 Å². The van der Waals surface area contributed by atoms with Crippen molar-refractivity contribution in [3.8, 4) is 5.69 Å². The molecular weight excluding hydrogens is 411 g/mol. The van der Waals surface area contributed by atoms with Gasteiger partial charge < -0.3 is 10.6 Å². The van der Waals surface area contributed by atoms with Crippen LogP contribution in [0, 0.1) is 5.82 Å². The first kappa shape index (κ1) is 20.5. The molecule has 160 valence electrons. The molecule has 2 aliphatic rings. The first-order valence-electron chi connectivity index (χ1n) is 10.0. The lowest BCUT2D eigenvalue weighted by atomic mass is 10.1. The maximum atomic E-state index is 13.3. The molecule has 0 radical (unpaired) electrons. The largest absolute Gasteiger partial charge is 0.345 e. The van der Waals surface area contributed by atoms with Crippen LogP contribution in [0.1, 0.15) is 49.8 Å². The predicted octanol–water partition coefficient (Wildman–Crippen LogP) is 2.22. The summed E-state index contributed by atoms with van der Waals surface area (Å²) in [5.41, 5.74) is 1.12. The zero-order chi connectivity index (χ0) is 21.3. The third-order valence-corrected chi connectivity index (χ3v) is 6.93. The van der Waals surface area contributed by atoms with E-state index in [2.05, 4.69) is 15.7 Å². The third-order valence-electron chi connectivity index (χ3n) is 5.49. The van der Waals surface area contributed by atoms with E-state index in [9.17, 15) is 22.4 Å². The topological polar surface area (TPSA) is 110 Å². The molecule has 2 amide bonds. The Morgan fingerprint density at radius 1 is 1.00 bits per heavy atom. The van der Waals surface area contributed by atoms with Gasteiger partial charge in [-0.3, -0.25) is 9.59 Å². The molecule has 8 nitrogen and oxygen atoms in total. The summed E-state index contributed by atoms with van der Waals surface area (Å²) in [4.78, 5) is 25.0. The van der Waals surface area contributed by atoms with Crippen LogP contribution in [0.3, 0.4) is 0 Å². The Labute approximate surface area is 173 Å². The standard InChI is InChI=1S/C20H23FN4O4S/c21-13-7-9-15(10-8-13)25-18(16-11-30(28,29)12-17(16)24-25)23-20(27)19(26)22-14-5-3-1-2-4-6-14/h7-10,14H,1-6,11-12H2,(H,22,26)(H,23,27). The summed E-state index contributed by atoms with van der Waals surface area (Å²) in [6.45, 7) is 0. The van der Waals surface area contributed by atoms with Crippen LogP contribution < -0.4 is 10.6 Å². The SMILES string of the molecule is O=C(Nc1c2c(nn1-c1ccc(F)cc1)CS(=O)(=O)C2)C(=O)NC1CCCCCC1. The first-order chi connectivity index (χ1) is 14.3. The van der Waals surface area contributed by atoms with E-state index < -0.39 is 27.5 Å². The summed E-state index contributed by atoms with van der Waals surface area (Å²) in [6.07, 6.45) is 5.93.